The first-order valence-corrected chi connectivity index (χ1v) is 9.91. The topological polar surface area (TPSA) is 64.1 Å². The van der Waals surface area contributed by atoms with E-state index in [9.17, 15) is 4.79 Å². The number of ether oxygens (including phenoxy) is 1. The minimum absolute atomic E-state index is 0.0866. The number of hydrogen-bond acceptors (Lipinski definition) is 5. The van der Waals surface area contributed by atoms with Crippen molar-refractivity contribution in [1.29, 1.82) is 0 Å². The van der Waals surface area contributed by atoms with E-state index in [4.69, 9.17) is 4.74 Å². The van der Waals surface area contributed by atoms with Crippen LogP contribution in [-0.2, 0) is 11.2 Å². The lowest BCUT2D eigenvalue weighted by atomic mass is 9.90. The van der Waals surface area contributed by atoms with Gasteiger partial charge >= 0.3 is 0 Å². The number of anilines is 1. The maximum absolute atomic E-state index is 12.0. The van der Waals surface area contributed by atoms with Crippen LogP contribution in [0.1, 0.15) is 61.9 Å². The van der Waals surface area contributed by atoms with Gasteiger partial charge in [-0.05, 0) is 37.0 Å². The summed E-state index contributed by atoms with van der Waals surface area (Å²) in [5.74, 6) is 1.23. The molecule has 1 aliphatic rings. The standard InChI is InChI=1S/C19H25N3O2S/c1-2-14-8-10-16(11-9-14)24-13-12-17(23)20-19-22-21-18(25-19)15-6-4-3-5-7-15/h8-11,15H,2-7,12-13H2,1H3,(H,20,22,23). The molecule has 1 fully saturated rings. The van der Waals surface area contributed by atoms with Crippen LogP contribution in [0.25, 0.3) is 0 Å². The fourth-order valence-corrected chi connectivity index (χ4v) is 3.99. The van der Waals surface area contributed by atoms with Gasteiger partial charge in [0.1, 0.15) is 10.8 Å². The third-order valence-electron chi connectivity index (χ3n) is 4.57. The van der Waals surface area contributed by atoms with Gasteiger partial charge in [0.2, 0.25) is 11.0 Å². The van der Waals surface area contributed by atoms with E-state index < -0.39 is 0 Å². The van der Waals surface area contributed by atoms with Gasteiger partial charge < -0.3 is 10.1 Å². The van der Waals surface area contributed by atoms with Crippen molar-refractivity contribution in [2.24, 2.45) is 0 Å². The van der Waals surface area contributed by atoms with Crippen LogP contribution in [-0.4, -0.2) is 22.7 Å². The second-order valence-corrected chi connectivity index (χ2v) is 7.43. The largest absolute Gasteiger partial charge is 0.493 e. The number of aromatic nitrogens is 2. The van der Waals surface area contributed by atoms with Crippen molar-refractivity contribution in [2.45, 2.75) is 57.8 Å². The third-order valence-corrected chi connectivity index (χ3v) is 5.57. The summed E-state index contributed by atoms with van der Waals surface area (Å²) < 4.78 is 5.62. The zero-order chi connectivity index (χ0) is 17.5. The predicted molar refractivity (Wildman–Crippen MR) is 100 cm³/mol. The van der Waals surface area contributed by atoms with Gasteiger partial charge in [-0.3, -0.25) is 4.79 Å². The molecule has 1 aromatic carbocycles. The molecule has 0 saturated heterocycles. The molecule has 134 valence electrons. The van der Waals surface area contributed by atoms with Crippen LogP contribution >= 0.6 is 11.3 Å². The van der Waals surface area contributed by atoms with Crippen LogP contribution in [0.15, 0.2) is 24.3 Å². The molecule has 5 nitrogen and oxygen atoms in total. The molecule has 2 aromatic rings. The number of nitrogens with one attached hydrogen (secondary N) is 1. The molecule has 0 radical (unpaired) electrons. The van der Waals surface area contributed by atoms with Gasteiger partial charge in [0.25, 0.3) is 0 Å². The molecule has 0 unspecified atom stereocenters. The highest BCUT2D eigenvalue weighted by Crippen LogP contribution is 2.35. The summed E-state index contributed by atoms with van der Waals surface area (Å²) in [6.07, 6.45) is 7.53. The van der Waals surface area contributed by atoms with Crippen molar-refractivity contribution in [3.05, 3.63) is 34.8 Å². The van der Waals surface area contributed by atoms with Gasteiger partial charge in [0.05, 0.1) is 13.0 Å². The predicted octanol–water partition coefficient (Wildman–Crippen LogP) is 4.56. The zero-order valence-electron chi connectivity index (χ0n) is 14.7. The maximum atomic E-state index is 12.0. The number of carbonyl (C=O) groups is 1. The van der Waals surface area contributed by atoms with Crippen LogP contribution in [0.4, 0.5) is 5.13 Å². The van der Waals surface area contributed by atoms with E-state index in [2.05, 4.69) is 22.4 Å². The minimum Gasteiger partial charge on any atom is -0.493 e. The number of carbonyl (C=O) groups excluding carboxylic acids is 1. The fraction of sp³-hybridized carbons (Fsp3) is 0.526. The second kappa shape index (κ2) is 8.94. The number of nitrogens with zero attached hydrogens (tertiary/aromatic N) is 2. The molecule has 1 aliphatic carbocycles. The Balaban J connectivity index is 1.42. The van der Waals surface area contributed by atoms with Crippen molar-refractivity contribution in [1.82, 2.24) is 10.2 Å². The van der Waals surface area contributed by atoms with E-state index in [0.29, 0.717) is 24.1 Å². The quantitative estimate of drug-likeness (QED) is 0.787. The van der Waals surface area contributed by atoms with Crippen molar-refractivity contribution < 1.29 is 9.53 Å². The van der Waals surface area contributed by atoms with E-state index in [0.717, 1.165) is 17.2 Å². The molecule has 1 amide bonds. The van der Waals surface area contributed by atoms with E-state index in [1.807, 2.05) is 24.3 Å². The summed E-state index contributed by atoms with van der Waals surface area (Å²) in [4.78, 5) is 12.0. The molecule has 0 bridgehead atoms. The first kappa shape index (κ1) is 17.9. The first-order valence-electron chi connectivity index (χ1n) is 9.09. The van der Waals surface area contributed by atoms with Crippen LogP contribution in [0, 0.1) is 0 Å². The number of hydrogen-bond donors (Lipinski definition) is 1. The van der Waals surface area contributed by atoms with Crippen LogP contribution in [0.3, 0.4) is 0 Å². The van der Waals surface area contributed by atoms with E-state index in [1.54, 1.807) is 0 Å². The first-order chi connectivity index (χ1) is 12.2. The van der Waals surface area contributed by atoms with Gasteiger partial charge in [-0.2, -0.15) is 0 Å². The lowest BCUT2D eigenvalue weighted by molar-refractivity contribution is -0.116. The van der Waals surface area contributed by atoms with Gasteiger partial charge in [-0.15, -0.1) is 10.2 Å². The van der Waals surface area contributed by atoms with Crippen molar-refractivity contribution >= 4 is 22.4 Å². The Kier molecular flexibility index (Phi) is 6.39. The molecule has 1 aromatic heterocycles. The van der Waals surface area contributed by atoms with Crippen molar-refractivity contribution in [3.63, 3.8) is 0 Å². The van der Waals surface area contributed by atoms with Gasteiger partial charge in [-0.1, -0.05) is 49.7 Å². The average molecular weight is 359 g/mol. The molecule has 1 saturated carbocycles. The molecule has 25 heavy (non-hydrogen) atoms. The Morgan fingerprint density at radius 2 is 1.96 bits per heavy atom. The molecule has 1 heterocycles. The van der Waals surface area contributed by atoms with Crippen molar-refractivity contribution in [3.8, 4) is 5.75 Å². The van der Waals surface area contributed by atoms with Gasteiger partial charge in [0, 0.05) is 5.92 Å². The van der Waals surface area contributed by atoms with Crippen LogP contribution in [0.5, 0.6) is 5.75 Å². The van der Waals surface area contributed by atoms with Gasteiger partial charge in [0.15, 0.2) is 0 Å². The average Bonchev–Trinajstić information content (AvgIpc) is 3.11. The van der Waals surface area contributed by atoms with Crippen LogP contribution < -0.4 is 10.1 Å². The maximum Gasteiger partial charge on any atom is 0.229 e. The second-order valence-electron chi connectivity index (χ2n) is 6.42. The fourth-order valence-electron chi connectivity index (χ4n) is 3.06. The molecule has 0 atom stereocenters. The highest BCUT2D eigenvalue weighted by Gasteiger charge is 2.20. The highest BCUT2D eigenvalue weighted by molar-refractivity contribution is 7.15. The molecule has 1 N–H and O–H groups in total. The molecular formula is C19H25N3O2S. The smallest absolute Gasteiger partial charge is 0.229 e. The summed E-state index contributed by atoms with van der Waals surface area (Å²) in [6.45, 7) is 2.47. The third kappa shape index (κ3) is 5.26. The van der Waals surface area contributed by atoms with E-state index in [1.165, 1.54) is 49.0 Å². The normalized spacial score (nSPS) is 15.1. The van der Waals surface area contributed by atoms with Gasteiger partial charge in [-0.25, -0.2) is 0 Å². The summed E-state index contributed by atoms with van der Waals surface area (Å²) in [5.41, 5.74) is 1.27. The van der Waals surface area contributed by atoms with E-state index >= 15 is 0 Å². The molecule has 6 heteroatoms. The highest BCUT2D eigenvalue weighted by atomic mass is 32.1. The Morgan fingerprint density at radius 3 is 2.68 bits per heavy atom. The molecule has 3 rings (SSSR count). The summed E-state index contributed by atoms with van der Waals surface area (Å²) in [5, 5.41) is 12.9. The number of benzene rings is 1. The Labute approximate surface area is 152 Å². The molecular weight excluding hydrogens is 334 g/mol. The lowest BCUT2D eigenvalue weighted by Crippen LogP contribution is -2.15. The summed E-state index contributed by atoms with van der Waals surface area (Å²) in [7, 11) is 0. The Morgan fingerprint density at radius 1 is 1.20 bits per heavy atom. The molecule has 0 spiro atoms. The monoisotopic (exact) mass is 359 g/mol. The Hall–Kier alpha value is -1.95. The lowest BCUT2D eigenvalue weighted by Gasteiger charge is -2.18. The van der Waals surface area contributed by atoms with E-state index in [-0.39, 0.29) is 5.91 Å². The number of rotatable bonds is 7. The Bertz CT molecular complexity index is 678. The number of amides is 1. The minimum atomic E-state index is -0.0866. The zero-order valence-corrected chi connectivity index (χ0v) is 15.5. The SMILES string of the molecule is CCc1ccc(OCCC(=O)Nc2nnc(C3CCCCC3)s2)cc1. The summed E-state index contributed by atoms with van der Waals surface area (Å²) in [6, 6.07) is 7.97. The van der Waals surface area contributed by atoms with Crippen LogP contribution in [0.2, 0.25) is 0 Å². The number of aryl methyl sites for hydroxylation is 1. The molecule has 0 aliphatic heterocycles. The van der Waals surface area contributed by atoms with Crippen molar-refractivity contribution in [2.75, 3.05) is 11.9 Å². The summed E-state index contributed by atoms with van der Waals surface area (Å²) >= 11 is 1.51.